The minimum atomic E-state index is 0.219. The SMILES string of the molecule is CCCOc1nc(NN)nc(NCCc2ncon2)n1. The molecule has 2 heterocycles. The summed E-state index contributed by atoms with van der Waals surface area (Å²) in [5.41, 5.74) is 2.37. The number of hydrogen-bond donors (Lipinski definition) is 3. The van der Waals surface area contributed by atoms with Gasteiger partial charge in [-0.2, -0.15) is 19.9 Å². The highest BCUT2D eigenvalue weighted by molar-refractivity contribution is 5.34. The highest BCUT2D eigenvalue weighted by Gasteiger charge is 2.07. The van der Waals surface area contributed by atoms with Crippen molar-refractivity contribution in [3.05, 3.63) is 12.2 Å². The Morgan fingerprint density at radius 2 is 2.15 bits per heavy atom. The fraction of sp³-hybridized carbons (Fsp3) is 0.500. The number of nitrogens with two attached hydrogens (primary N) is 1. The number of nitrogen functional groups attached to an aromatic ring is 1. The van der Waals surface area contributed by atoms with E-state index in [9.17, 15) is 0 Å². The Hall–Kier alpha value is -2.49. The monoisotopic (exact) mass is 280 g/mol. The Morgan fingerprint density at radius 3 is 2.85 bits per heavy atom. The van der Waals surface area contributed by atoms with E-state index in [-0.39, 0.29) is 12.0 Å². The summed E-state index contributed by atoms with van der Waals surface area (Å²) < 4.78 is 9.99. The fourth-order valence-electron chi connectivity index (χ4n) is 1.35. The summed E-state index contributed by atoms with van der Waals surface area (Å²) >= 11 is 0. The maximum atomic E-state index is 5.35. The van der Waals surface area contributed by atoms with Gasteiger partial charge in [-0.1, -0.05) is 12.1 Å². The van der Waals surface area contributed by atoms with Crippen molar-refractivity contribution >= 4 is 11.9 Å². The van der Waals surface area contributed by atoms with Crippen LogP contribution in [0.3, 0.4) is 0 Å². The minimum Gasteiger partial charge on any atom is -0.463 e. The standard InChI is InChI=1S/C10H16N8O2/c1-2-5-19-10-15-8(14-9(16-10)17-11)12-4-3-7-13-6-20-18-7/h6H,2-5,11H2,1H3,(H2,12,14,15,16,17). The molecule has 10 heteroatoms. The third kappa shape index (κ3) is 4.02. The van der Waals surface area contributed by atoms with Gasteiger partial charge < -0.3 is 14.6 Å². The van der Waals surface area contributed by atoms with Gasteiger partial charge in [-0.3, -0.25) is 5.43 Å². The molecule has 0 aromatic carbocycles. The van der Waals surface area contributed by atoms with Crippen LogP contribution in [-0.4, -0.2) is 38.2 Å². The van der Waals surface area contributed by atoms with Gasteiger partial charge in [0.1, 0.15) is 0 Å². The number of anilines is 2. The van der Waals surface area contributed by atoms with Crippen molar-refractivity contribution in [2.45, 2.75) is 19.8 Å². The van der Waals surface area contributed by atoms with Crippen LogP contribution >= 0.6 is 0 Å². The summed E-state index contributed by atoms with van der Waals surface area (Å²) in [6.07, 6.45) is 2.72. The van der Waals surface area contributed by atoms with Crippen LogP contribution in [0.4, 0.5) is 11.9 Å². The van der Waals surface area contributed by atoms with Gasteiger partial charge in [-0.25, -0.2) is 5.84 Å². The molecule has 0 radical (unpaired) electrons. The molecule has 0 saturated carbocycles. The normalized spacial score (nSPS) is 10.3. The van der Waals surface area contributed by atoms with Crippen molar-refractivity contribution in [1.82, 2.24) is 25.1 Å². The smallest absolute Gasteiger partial charge is 0.323 e. The quantitative estimate of drug-likeness (QED) is 0.447. The van der Waals surface area contributed by atoms with Gasteiger partial charge in [-0.15, -0.1) is 0 Å². The second-order valence-electron chi connectivity index (χ2n) is 3.78. The molecule has 0 saturated heterocycles. The highest BCUT2D eigenvalue weighted by Crippen LogP contribution is 2.10. The molecule has 0 bridgehead atoms. The number of ether oxygens (including phenoxy) is 1. The van der Waals surface area contributed by atoms with E-state index in [1.54, 1.807) is 0 Å². The largest absolute Gasteiger partial charge is 0.463 e. The average molecular weight is 280 g/mol. The molecular formula is C10H16N8O2. The molecule has 0 aliphatic heterocycles. The topological polar surface area (TPSA) is 137 Å². The van der Waals surface area contributed by atoms with Crippen molar-refractivity contribution in [3.8, 4) is 6.01 Å². The van der Waals surface area contributed by atoms with Gasteiger partial charge in [0.05, 0.1) is 6.61 Å². The molecule has 0 aliphatic rings. The number of hydrazine groups is 1. The molecule has 2 aromatic heterocycles. The van der Waals surface area contributed by atoms with Gasteiger partial charge in [-0.05, 0) is 6.42 Å². The Balaban J connectivity index is 1.94. The van der Waals surface area contributed by atoms with E-state index in [2.05, 4.69) is 40.4 Å². The van der Waals surface area contributed by atoms with E-state index >= 15 is 0 Å². The van der Waals surface area contributed by atoms with Gasteiger partial charge in [0, 0.05) is 13.0 Å². The Kier molecular flexibility index (Phi) is 5.00. The van der Waals surface area contributed by atoms with Crippen LogP contribution in [-0.2, 0) is 6.42 Å². The zero-order valence-corrected chi connectivity index (χ0v) is 11.0. The lowest BCUT2D eigenvalue weighted by molar-refractivity contribution is 0.292. The van der Waals surface area contributed by atoms with Crippen molar-refractivity contribution in [1.29, 1.82) is 0 Å². The van der Waals surface area contributed by atoms with Gasteiger partial charge in [0.25, 0.3) is 0 Å². The number of rotatable bonds is 8. The van der Waals surface area contributed by atoms with E-state index < -0.39 is 0 Å². The first-order valence-electron chi connectivity index (χ1n) is 6.16. The van der Waals surface area contributed by atoms with E-state index in [0.717, 1.165) is 6.42 Å². The first-order chi connectivity index (χ1) is 9.81. The molecule has 0 spiro atoms. The highest BCUT2D eigenvalue weighted by atomic mass is 16.5. The molecule has 0 amide bonds. The Bertz CT molecular complexity index is 518. The lowest BCUT2D eigenvalue weighted by Gasteiger charge is -2.08. The number of nitrogens with zero attached hydrogens (tertiary/aromatic N) is 5. The van der Waals surface area contributed by atoms with Crippen LogP contribution in [0.25, 0.3) is 0 Å². The van der Waals surface area contributed by atoms with Gasteiger partial charge in [0.2, 0.25) is 18.3 Å². The summed E-state index contributed by atoms with van der Waals surface area (Å²) in [6.45, 7) is 3.06. The molecule has 4 N–H and O–H groups in total. The van der Waals surface area contributed by atoms with Crippen molar-refractivity contribution < 1.29 is 9.26 Å². The molecule has 20 heavy (non-hydrogen) atoms. The summed E-state index contributed by atoms with van der Waals surface area (Å²) in [4.78, 5) is 16.1. The zero-order valence-electron chi connectivity index (χ0n) is 11.0. The van der Waals surface area contributed by atoms with Crippen molar-refractivity contribution in [3.63, 3.8) is 0 Å². The van der Waals surface area contributed by atoms with Crippen LogP contribution in [0, 0.1) is 0 Å². The third-order valence-corrected chi connectivity index (χ3v) is 2.22. The Labute approximate surface area is 115 Å². The third-order valence-electron chi connectivity index (χ3n) is 2.22. The maximum Gasteiger partial charge on any atom is 0.323 e. The maximum absolute atomic E-state index is 5.35. The first-order valence-corrected chi connectivity index (χ1v) is 6.16. The molecule has 0 aliphatic carbocycles. The van der Waals surface area contributed by atoms with E-state index in [1.807, 2.05) is 6.92 Å². The zero-order chi connectivity index (χ0) is 14.2. The summed E-state index contributed by atoms with van der Waals surface area (Å²) in [5, 5.41) is 6.72. The molecule has 2 rings (SSSR count). The molecule has 2 aromatic rings. The van der Waals surface area contributed by atoms with Crippen LogP contribution in [0.5, 0.6) is 6.01 Å². The van der Waals surface area contributed by atoms with E-state index in [1.165, 1.54) is 6.39 Å². The summed E-state index contributed by atoms with van der Waals surface area (Å²) in [5.74, 6) is 6.50. The van der Waals surface area contributed by atoms with E-state index in [4.69, 9.17) is 10.6 Å². The molecule has 0 fully saturated rings. The molecule has 108 valence electrons. The van der Waals surface area contributed by atoms with E-state index in [0.29, 0.717) is 31.3 Å². The Morgan fingerprint density at radius 1 is 1.30 bits per heavy atom. The predicted octanol–water partition coefficient (Wildman–Crippen LogP) is -0.0164. The lowest BCUT2D eigenvalue weighted by Crippen LogP contribution is -2.15. The fourth-order valence-corrected chi connectivity index (χ4v) is 1.35. The minimum absolute atomic E-state index is 0.219. The number of nitrogens with one attached hydrogen (secondary N) is 2. The van der Waals surface area contributed by atoms with Crippen LogP contribution in [0.1, 0.15) is 19.2 Å². The molecule has 0 unspecified atom stereocenters. The number of aromatic nitrogens is 5. The van der Waals surface area contributed by atoms with Crippen molar-refractivity contribution in [2.24, 2.45) is 5.84 Å². The van der Waals surface area contributed by atoms with Crippen molar-refractivity contribution in [2.75, 3.05) is 23.9 Å². The molecular weight excluding hydrogens is 264 g/mol. The second kappa shape index (κ2) is 7.19. The average Bonchev–Trinajstić information content (AvgIpc) is 2.98. The molecule has 0 atom stereocenters. The van der Waals surface area contributed by atoms with Gasteiger partial charge >= 0.3 is 6.01 Å². The second-order valence-corrected chi connectivity index (χ2v) is 3.78. The summed E-state index contributed by atoms with van der Waals surface area (Å²) in [7, 11) is 0. The summed E-state index contributed by atoms with van der Waals surface area (Å²) in [6, 6.07) is 0.219. The lowest BCUT2D eigenvalue weighted by atomic mass is 10.4. The van der Waals surface area contributed by atoms with Gasteiger partial charge in [0.15, 0.2) is 5.82 Å². The molecule has 10 nitrogen and oxygen atoms in total. The van der Waals surface area contributed by atoms with Crippen LogP contribution in [0.15, 0.2) is 10.9 Å². The number of hydrogen-bond acceptors (Lipinski definition) is 10. The van der Waals surface area contributed by atoms with Crippen LogP contribution in [0.2, 0.25) is 0 Å². The van der Waals surface area contributed by atoms with Crippen LogP contribution < -0.4 is 21.3 Å². The predicted molar refractivity (Wildman–Crippen MR) is 69.9 cm³/mol. The first kappa shape index (κ1) is 13.9.